The van der Waals surface area contributed by atoms with Crippen molar-refractivity contribution in [2.45, 2.75) is 27.3 Å². The van der Waals surface area contributed by atoms with Gasteiger partial charge < -0.3 is 14.8 Å². The zero-order valence-electron chi connectivity index (χ0n) is 12.0. The summed E-state index contributed by atoms with van der Waals surface area (Å²) in [5.41, 5.74) is 1.17. The van der Waals surface area contributed by atoms with Crippen LogP contribution in [0.25, 0.3) is 0 Å². The molecule has 1 aromatic carbocycles. The Morgan fingerprint density at radius 3 is 2.74 bits per heavy atom. The summed E-state index contributed by atoms with van der Waals surface area (Å²) in [6, 6.07) is 6.13. The summed E-state index contributed by atoms with van der Waals surface area (Å²) in [6.07, 6.45) is 0. The standard InChI is InChI=1S/C15H24BrNO2/c1-4-18-8-9-19-15-13(6-5-7-14(15)16)11-17-10-12(2)3/h5-7,12,17H,4,8-11H2,1-3H3. The van der Waals surface area contributed by atoms with Gasteiger partial charge in [-0.05, 0) is 41.4 Å². The lowest BCUT2D eigenvalue weighted by Gasteiger charge is -2.14. The van der Waals surface area contributed by atoms with Gasteiger partial charge in [0.15, 0.2) is 0 Å². The number of rotatable bonds is 9. The van der Waals surface area contributed by atoms with E-state index in [4.69, 9.17) is 9.47 Å². The zero-order valence-corrected chi connectivity index (χ0v) is 13.6. The molecule has 0 fully saturated rings. The number of nitrogens with one attached hydrogen (secondary N) is 1. The van der Waals surface area contributed by atoms with E-state index in [2.05, 4.69) is 41.2 Å². The smallest absolute Gasteiger partial charge is 0.138 e. The highest BCUT2D eigenvalue weighted by atomic mass is 79.9. The molecule has 1 aromatic rings. The molecule has 0 saturated carbocycles. The molecule has 0 bridgehead atoms. The minimum Gasteiger partial charge on any atom is -0.490 e. The van der Waals surface area contributed by atoms with Crippen LogP contribution in [0, 0.1) is 5.92 Å². The van der Waals surface area contributed by atoms with Gasteiger partial charge in [0.05, 0.1) is 11.1 Å². The summed E-state index contributed by atoms with van der Waals surface area (Å²) in [7, 11) is 0. The van der Waals surface area contributed by atoms with Crippen LogP contribution in [0.5, 0.6) is 5.75 Å². The van der Waals surface area contributed by atoms with Gasteiger partial charge in [0, 0.05) is 18.7 Å². The first-order chi connectivity index (χ1) is 9.15. The van der Waals surface area contributed by atoms with E-state index in [0.29, 0.717) is 19.1 Å². The fourth-order valence-corrected chi connectivity index (χ4v) is 2.22. The number of benzene rings is 1. The average Bonchev–Trinajstić information content (AvgIpc) is 2.36. The fourth-order valence-electron chi connectivity index (χ4n) is 1.70. The van der Waals surface area contributed by atoms with Crippen molar-refractivity contribution in [1.82, 2.24) is 5.32 Å². The molecule has 0 atom stereocenters. The first-order valence-corrected chi connectivity index (χ1v) is 7.63. The van der Waals surface area contributed by atoms with Crippen LogP contribution in [-0.2, 0) is 11.3 Å². The van der Waals surface area contributed by atoms with E-state index >= 15 is 0 Å². The molecule has 1 rings (SSSR count). The third kappa shape index (κ3) is 6.41. The van der Waals surface area contributed by atoms with E-state index in [0.717, 1.165) is 29.9 Å². The van der Waals surface area contributed by atoms with E-state index in [1.54, 1.807) is 0 Å². The van der Waals surface area contributed by atoms with Crippen LogP contribution in [0.4, 0.5) is 0 Å². The van der Waals surface area contributed by atoms with Crippen LogP contribution in [0.2, 0.25) is 0 Å². The van der Waals surface area contributed by atoms with Gasteiger partial charge in [-0.1, -0.05) is 26.0 Å². The van der Waals surface area contributed by atoms with Gasteiger partial charge in [-0.2, -0.15) is 0 Å². The third-order valence-electron chi connectivity index (χ3n) is 2.59. The number of hydrogen-bond acceptors (Lipinski definition) is 3. The summed E-state index contributed by atoms with van der Waals surface area (Å²) in [5.74, 6) is 1.56. The SMILES string of the molecule is CCOCCOc1c(Br)cccc1CNCC(C)C. The summed E-state index contributed by atoms with van der Waals surface area (Å²) in [5, 5.41) is 3.44. The van der Waals surface area contributed by atoms with Gasteiger partial charge >= 0.3 is 0 Å². The average molecular weight is 330 g/mol. The second-order valence-electron chi connectivity index (χ2n) is 4.80. The van der Waals surface area contributed by atoms with Gasteiger partial charge in [-0.15, -0.1) is 0 Å². The highest BCUT2D eigenvalue weighted by molar-refractivity contribution is 9.10. The van der Waals surface area contributed by atoms with Gasteiger partial charge in [-0.3, -0.25) is 0 Å². The number of hydrogen-bond donors (Lipinski definition) is 1. The maximum absolute atomic E-state index is 5.82. The monoisotopic (exact) mass is 329 g/mol. The third-order valence-corrected chi connectivity index (χ3v) is 3.22. The molecule has 0 radical (unpaired) electrons. The summed E-state index contributed by atoms with van der Waals surface area (Å²) >= 11 is 3.54. The predicted octanol–water partition coefficient (Wildman–Crippen LogP) is 3.61. The molecule has 0 heterocycles. The maximum atomic E-state index is 5.82. The minimum absolute atomic E-state index is 0.577. The molecule has 19 heavy (non-hydrogen) atoms. The Labute approximate surface area is 124 Å². The van der Waals surface area contributed by atoms with E-state index in [1.165, 1.54) is 5.56 Å². The van der Waals surface area contributed by atoms with Crippen molar-refractivity contribution >= 4 is 15.9 Å². The molecule has 1 N–H and O–H groups in total. The van der Waals surface area contributed by atoms with Crippen molar-refractivity contribution in [3.63, 3.8) is 0 Å². The largest absolute Gasteiger partial charge is 0.490 e. The van der Waals surface area contributed by atoms with Gasteiger partial charge in [0.1, 0.15) is 12.4 Å². The lowest BCUT2D eigenvalue weighted by molar-refractivity contribution is 0.109. The van der Waals surface area contributed by atoms with Crippen molar-refractivity contribution in [2.24, 2.45) is 5.92 Å². The lowest BCUT2D eigenvalue weighted by atomic mass is 10.2. The summed E-state index contributed by atoms with van der Waals surface area (Å²) < 4.78 is 12.1. The minimum atomic E-state index is 0.577. The normalized spacial score (nSPS) is 11.0. The highest BCUT2D eigenvalue weighted by Gasteiger charge is 2.08. The molecule has 108 valence electrons. The van der Waals surface area contributed by atoms with Gasteiger partial charge in [0.25, 0.3) is 0 Å². The van der Waals surface area contributed by atoms with Crippen molar-refractivity contribution in [1.29, 1.82) is 0 Å². The highest BCUT2D eigenvalue weighted by Crippen LogP contribution is 2.29. The molecule has 0 aliphatic heterocycles. The Balaban J connectivity index is 2.56. The first kappa shape index (κ1) is 16.5. The molecule has 0 aliphatic carbocycles. The fraction of sp³-hybridized carbons (Fsp3) is 0.600. The summed E-state index contributed by atoms with van der Waals surface area (Å²) in [6.45, 7) is 10.1. The second-order valence-corrected chi connectivity index (χ2v) is 5.65. The molecule has 0 amide bonds. The summed E-state index contributed by atoms with van der Waals surface area (Å²) in [4.78, 5) is 0. The van der Waals surface area contributed by atoms with E-state index < -0.39 is 0 Å². The Bertz CT molecular complexity index is 369. The van der Waals surface area contributed by atoms with Crippen LogP contribution >= 0.6 is 15.9 Å². The molecule has 0 unspecified atom stereocenters. The topological polar surface area (TPSA) is 30.5 Å². The van der Waals surface area contributed by atoms with Gasteiger partial charge in [0.2, 0.25) is 0 Å². The second kappa shape index (κ2) is 9.34. The Morgan fingerprint density at radius 2 is 2.05 bits per heavy atom. The quantitative estimate of drug-likeness (QED) is 0.702. The van der Waals surface area contributed by atoms with Crippen molar-refractivity contribution in [3.8, 4) is 5.75 Å². The van der Waals surface area contributed by atoms with Crippen molar-refractivity contribution in [3.05, 3.63) is 28.2 Å². The van der Waals surface area contributed by atoms with Crippen molar-refractivity contribution in [2.75, 3.05) is 26.4 Å². The molecule has 0 aliphatic rings. The van der Waals surface area contributed by atoms with Crippen LogP contribution in [0.15, 0.2) is 22.7 Å². The van der Waals surface area contributed by atoms with Crippen LogP contribution in [-0.4, -0.2) is 26.4 Å². The molecular formula is C15H24BrNO2. The zero-order chi connectivity index (χ0) is 14.1. The molecule has 0 spiro atoms. The predicted molar refractivity (Wildman–Crippen MR) is 82.7 cm³/mol. The maximum Gasteiger partial charge on any atom is 0.138 e. The van der Waals surface area contributed by atoms with Crippen LogP contribution in [0.1, 0.15) is 26.3 Å². The Kier molecular flexibility index (Phi) is 8.10. The Hall–Kier alpha value is -0.580. The van der Waals surface area contributed by atoms with Crippen LogP contribution < -0.4 is 10.1 Å². The van der Waals surface area contributed by atoms with E-state index in [1.807, 2.05) is 19.1 Å². The number of halogens is 1. The molecular weight excluding hydrogens is 306 g/mol. The van der Waals surface area contributed by atoms with E-state index in [9.17, 15) is 0 Å². The molecule has 0 saturated heterocycles. The van der Waals surface area contributed by atoms with Gasteiger partial charge in [-0.25, -0.2) is 0 Å². The molecule has 3 nitrogen and oxygen atoms in total. The molecule has 0 aromatic heterocycles. The first-order valence-electron chi connectivity index (χ1n) is 6.83. The van der Waals surface area contributed by atoms with E-state index in [-0.39, 0.29) is 0 Å². The molecule has 4 heteroatoms. The Morgan fingerprint density at radius 1 is 1.26 bits per heavy atom. The van der Waals surface area contributed by atoms with Crippen molar-refractivity contribution < 1.29 is 9.47 Å². The number of ether oxygens (including phenoxy) is 2. The van der Waals surface area contributed by atoms with Crippen LogP contribution in [0.3, 0.4) is 0 Å². The lowest BCUT2D eigenvalue weighted by Crippen LogP contribution is -2.19. The number of para-hydroxylation sites is 1.